The summed E-state index contributed by atoms with van der Waals surface area (Å²) in [5, 5.41) is 4.33. The van der Waals surface area contributed by atoms with Crippen molar-refractivity contribution in [1.29, 1.82) is 0 Å². The van der Waals surface area contributed by atoms with Crippen LogP contribution in [0, 0.1) is 6.92 Å². The van der Waals surface area contributed by atoms with Gasteiger partial charge in [-0.15, -0.1) is 0 Å². The molecule has 1 atom stereocenters. The minimum atomic E-state index is -0.321. The molecule has 1 unspecified atom stereocenters. The first kappa shape index (κ1) is 14.9. The van der Waals surface area contributed by atoms with Crippen molar-refractivity contribution in [3.05, 3.63) is 39.6 Å². The highest BCUT2D eigenvalue weighted by Gasteiger charge is 2.21. The Balaban J connectivity index is 2.52. The van der Waals surface area contributed by atoms with E-state index in [0.717, 1.165) is 21.4 Å². The summed E-state index contributed by atoms with van der Waals surface area (Å²) in [5.74, 6) is 1.38. The first-order chi connectivity index (χ1) is 9.49. The van der Waals surface area contributed by atoms with Crippen LogP contribution < -0.4 is 15.2 Å². The normalized spacial score (nSPS) is 12.3. The molecule has 5 nitrogen and oxygen atoms in total. The van der Waals surface area contributed by atoms with E-state index in [1.807, 2.05) is 32.2 Å². The molecule has 0 amide bonds. The number of nitrogens with two attached hydrogens (primary N) is 1. The van der Waals surface area contributed by atoms with Crippen LogP contribution in [-0.2, 0) is 7.05 Å². The first-order valence-corrected chi connectivity index (χ1v) is 6.95. The van der Waals surface area contributed by atoms with E-state index in [4.69, 9.17) is 15.2 Å². The number of halogens is 1. The first-order valence-electron chi connectivity index (χ1n) is 6.16. The smallest absolute Gasteiger partial charge is 0.141 e. The summed E-state index contributed by atoms with van der Waals surface area (Å²) in [6, 6.07) is 5.43. The predicted octanol–water partition coefficient (Wildman–Crippen LogP) is 2.56. The third-order valence-corrected chi connectivity index (χ3v) is 3.96. The predicted molar refractivity (Wildman–Crippen MR) is 81.2 cm³/mol. The number of ether oxygens (including phenoxy) is 2. The van der Waals surface area contributed by atoms with Crippen molar-refractivity contribution in [2.24, 2.45) is 12.8 Å². The summed E-state index contributed by atoms with van der Waals surface area (Å²) in [6.07, 6.45) is 0. The number of nitrogens with zero attached hydrogens (tertiary/aromatic N) is 2. The molecule has 1 heterocycles. The van der Waals surface area contributed by atoms with Crippen molar-refractivity contribution < 1.29 is 9.47 Å². The second-order valence-electron chi connectivity index (χ2n) is 4.52. The van der Waals surface area contributed by atoms with Crippen LogP contribution >= 0.6 is 15.9 Å². The Morgan fingerprint density at radius 1 is 1.30 bits per heavy atom. The Morgan fingerprint density at radius 2 is 2.00 bits per heavy atom. The number of benzene rings is 1. The minimum Gasteiger partial charge on any atom is -0.495 e. The number of methoxy groups -OCH3 is 2. The molecule has 0 aliphatic carbocycles. The van der Waals surface area contributed by atoms with Gasteiger partial charge in [0, 0.05) is 12.6 Å². The van der Waals surface area contributed by atoms with Gasteiger partial charge in [0.2, 0.25) is 0 Å². The lowest BCUT2D eigenvalue weighted by molar-refractivity contribution is 0.384. The lowest BCUT2D eigenvalue weighted by Gasteiger charge is -2.18. The summed E-state index contributed by atoms with van der Waals surface area (Å²) in [7, 11) is 5.11. The molecule has 0 saturated heterocycles. The maximum atomic E-state index is 6.36. The van der Waals surface area contributed by atoms with E-state index >= 15 is 0 Å². The molecule has 0 aliphatic heterocycles. The Kier molecular flexibility index (Phi) is 4.35. The van der Waals surface area contributed by atoms with E-state index in [2.05, 4.69) is 21.0 Å². The van der Waals surface area contributed by atoms with Crippen LogP contribution in [0.2, 0.25) is 0 Å². The molecule has 6 heteroatoms. The van der Waals surface area contributed by atoms with Crippen molar-refractivity contribution in [3.63, 3.8) is 0 Å². The van der Waals surface area contributed by atoms with Gasteiger partial charge in [0.05, 0.1) is 31.6 Å². The van der Waals surface area contributed by atoms with Crippen molar-refractivity contribution in [2.75, 3.05) is 14.2 Å². The molecule has 1 aromatic heterocycles. The zero-order chi connectivity index (χ0) is 14.9. The highest BCUT2D eigenvalue weighted by Crippen LogP contribution is 2.40. The number of aromatic nitrogens is 2. The van der Waals surface area contributed by atoms with Crippen molar-refractivity contribution in [1.82, 2.24) is 9.78 Å². The van der Waals surface area contributed by atoms with Crippen LogP contribution in [0.4, 0.5) is 0 Å². The molecule has 0 aliphatic rings. The Labute approximate surface area is 126 Å². The van der Waals surface area contributed by atoms with Crippen LogP contribution in [0.5, 0.6) is 11.5 Å². The van der Waals surface area contributed by atoms with E-state index in [0.29, 0.717) is 11.5 Å². The SMILES string of the molecule is COc1ccc(C(N)c2cc(C)nn2C)c(OC)c1Br. The summed E-state index contributed by atoms with van der Waals surface area (Å²) in [5.41, 5.74) is 9.11. The molecule has 0 radical (unpaired) electrons. The molecular formula is C14H18BrN3O2. The van der Waals surface area contributed by atoms with E-state index in [-0.39, 0.29) is 6.04 Å². The van der Waals surface area contributed by atoms with Crippen molar-refractivity contribution in [2.45, 2.75) is 13.0 Å². The standard InChI is InChI=1S/C14H18BrN3O2/c1-8-7-10(18(2)17-8)13(16)9-5-6-11(19-3)12(15)14(9)20-4/h5-7,13H,16H2,1-4H3. The largest absolute Gasteiger partial charge is 0.495 e. The average molecular weight is 340 g/mol. The maximum absolute atomic E-state index is 6.36. The third kappa shape index (κ3) is 2.53. The summed E-state index contributed by atoms with van der Waals surface area (Å²) in [4.78, 5) is 0. The summed E-state index contributed by atoms with van der Waals surface area (Å²) >= 11 is 3.49. The molecule has 1 aromatic carbocycles. The summed E-state index contributed by atoms with van der Waals surface area (Å²) < 4.78 is 13.3. The molecule has 2 N–H and O–H groups in total. The van der Waals surface area contributed by atoms with Crippen LogP contribution in [-0.4, -0.2) is 24.0 Å². The molecule has 0 saturated carbocycles. The van der Waals surface area contributed by atoms with Gasteiger partial charge in [-0.3, -0.25) is 4.68 Å². The van der Waals surface area contributed by atoms with E-state index in [1.54, 1.807) is 18.9 Å². The van der Waals surface area contributed by atoms with Gasteiger partial charge in [0.25, 0.3) is 0 Å². The molecule has 0 spiro atoms. The van der Waals surface area contributed by atoms with E-state index in [9.17, 15) is 0 Å². The van der Waals surface area contributed by atoms with Gasteiger partial charge in [0.1, 0.15) is 16.0 Å². The van der Waals surface area contributed by atoms with Gasteiger partial charge in [0.15, 0.2) is 0 Å². The quantitative estimate of drug-likeness (QED) is 0.929. The Bertz CT molecular complexity index is 625. The number of rotatable bonds is 4. The lowest BCUT2D eigenvalue weighted by Crippen LogP contribution is -2.17. The Hall–Kier alpha value is -1.53. The van der Waals surface area contributed by atoms with E-state index < -0.39 is 0 Å². The van der Waals surface area contributed by atoms with Gasteiger partial charge in [-0.05, 0) is 41.1 Å². The van der Waals surface area contributed by atoms with Gasteiger partial charge < -0.3 is 15.2 Å². The zero-order valence-electron chi connectivity index (χ0n) is 12.0. The zero-order valence-corrected chi connectivity index (χ0v) is 13.6. The third-order valence-electron chi connectivity index (χ3n) is 3.21. The highest BCUT2D eigenvalue weighted by atomic mass is 79.9. The van der Waals surface area contributed by atoms with Crippen LogP contribution in [0.1, 0.15) is 23.0 Å². The molecule has 2 aromatic rings. The highest BCUT2D eigenvalue weighted by molar-refractivity contribution is 9.10. The fourth-order valence-electron chi connectivity index (χ4n) is 2.24. The molecule has 0 fully saturated rings. The van der Waals surface area contributed by atoms with Crippen LogP contribution in [0.3, 0.4) is 0 Å². The van der Waals surface area contributed by atoms with Crippen LogP contribution in [0.15, 0.2) is 22.7 Å². The molecule has 2 rings (SSSR count). The van der Waals surface area contributed by atoms with Crippen molar-refractivity contribution >= 4 is 15.9 Å². The topological polar surface area (TPSA) is 62.3 Å². The van der Waals surface area contributed by atoms with Gasteiger partial charge >= 0.3 is 0 Å². The van der Waals surface area contributed by atoms with Crippen LogP contribution in [0.25, 0.3) is 0 Å². The van der Waals surface area contributed by atoms with E-state index in [1.165, 1.54) is 0 Å². The van der Waals surface area contributed by atoms with Crippen molar-refractivity contribution in [3.8, 4) is 11.5 Å². The minimum absolute atomic E-state index is 0.321. The fraction of sp³-hybridized carbons (Fsp3) is 0.357. The molecule has 0 bridgehead atoms. The number of aryl methyl sites for hydroxylation is 2. The molecule has 108 valence electrons. The maximum Gasteiger partial charge on any atom is 0.141 e. The van der Waals surface area contributed by atoms with Gasteiger partial charge in [-0.25, -0.2) is 0 Å². The second kappa shape index (κ2) is 5.85. The molecule has 20 heavy (non-hydrogen) atoms. The lowest BCUT2D eigenvalue weighted by atomic mass is 10.0. The summed E-state index contributed by atoms with van der Waals surface area (Å²) in [6.45, 7) is 1.94. The monoisotopic (exact) mass is 339 g/mol. The fourth-order valence-corrected chi connectivity index (χ4v) is 2.93. The number of hydrogen-bond donors (Lipinski definition) is 1. The van der Waals surface area contributed by atoms with Gasteiger partial charge in [-0.1, -0.05) is 0 Å². The number of hydrogen-bond acceptors (Lipinski definition) is 4. The Morgan fingerprint density at radius 3 is 2.50 bits per heavy atom. The molecular weight excluding hydrogens is 322 g/mol. The second-order valence-corrected chi connectivity index (χ2v) is 5.31. The average Bonchev–Trinajstić information content (AvgIpc) is 2.76. The van der Waals surface area contributed by atoms with Gasteiger partial charge in [-0.2, -0.15) is 5.10 Å².